The Morgan fingerprint density at radius 2 is 2.23 bits per heavy atom. The maximum absolute atomic E-state index is 11.0. The molecule has 0 bridgehead atoms. The van der Waals surface area contributed by atoms with Gasteiger partial charge in [-0.15, -0.1) is 0 Å². The molecule has 76 valence electrons. The van der Waals surface area contributed by atoms with Crippen molar-refractivity contribution in [1.29, 1.82) is 0 Å². The Morgan fingerprint density at radius 1 is 1.54 bits per heavy atom. The number of esters is 1. The van der Waals surface area contributed by atoms with Crippen molar-refractivity contribution < 1.29 is 19.1 Å². The van der Waals surface area contributed by atoms with Gasteiger partial charge in [0.1, 0.15) is 6.61 Å². The summed E-state index contributed by atoms with van der Waals surface area (Å²) in [6, 6.07) is -0.187. The summed E-state index contributed by atoms with van der Waals surface area (Å²) in [6.07, 6.45) is 0.746. The summed E-state index contributed by atoms with van der Waals surface area (Å²) in [4.78, 5) is 20.9. The fourth-order valence-electron chi connectivity index (χ4n) is 0.723. The van der Waals surface area contributed by atoms with Gasteiger partial charge in [-0.2, -0.15) is 0 Å². The molecule has 0 saturated carbocycles. The fraction of sp³-hybridized carbons (Fsp3) is 0.750. The third-order valence-corrected chi connectivity index (χ3v) is 1.38. The minimum absolute atomic E-state index is 0.183. The number of hydrogen-bond donors (Lipinski definition) is 1. The van der Waals surface area contributed by atoms with Crippen molar-refractivity contribution in [3.8, 4) is 0 Å². The molecule has 0 aromatic heterocycles. The summed E-state index contributed by atoms with van der Waals surface area (Å²) in [6.45, 7) is 2.37. The monoisotopic (exact) mass is 189 g/mol. The van der Waals surface area contributed by atoms with Crippen LogP contribution >= 0.6 is 0 Å². The molecule has 1 amide bonds. The highest BCUT2D eigenvalue weighted by molar-refractivity contribution is 5.70. The Kier molecular flexibility index (Phi) is 6.91. The van der Waals surface area contributed by atoms with Crippen molar-refractivity contribution >= 4 is 12.4 Å². The van der Waals surface area contributed by atoms with E-state index >= 15 is 0 Å². The highest BCUT2D eigenvalue weighted by atomic mass is 16.6. The molecule has 5 heteroatoms. The van der Waals surface area contributed by atoms with Gasteiger partial charge in [0, 0.05) is 13.2 Å². The third kappa shape index (κ3) is 7.27. The number of carbonyl (C=O) groups excluding carboxylic acids is 2. The molecule has 0 fully saturated rings. The Bertz CT molecular complexity index is 160. The smallest absolute Gasteiger partial charge is 0.307 e. The second kappa shape index (κ2) is 7.54. The lowest BCUT2D eigenvalue weighted by atomic mass is 10.2. The second-order valence-electron chi connectivity index (χ2n) is 2.60. The standard InChI is InChI=1S/C8H15NO4/c1-7(9-6-10)5-8(11)13-4-3-12-2/h6-7H,3-5H2,1-2H3,(H,9,10). The van der Waals surface area contributed by atoms with Crippen LogP contribution in [0.2, 0.25) is 0 Å². The van der Waals surface area contributed by atoms with Crippen LogP contribution < -0.4 is 5.32 Å². The first-order valence-electron chi connectivity index (χ1n) is 4.05. The van der Waals surface area contributed by atoms with Crippen LogP contribution in [0, 0.1) is 0 Å². The van der Waals surface area contributed by atoms with Crippen LogP contribution in [0.25, 0.3) is 0 Å². The number of hydrogen-bond acceptors (Lipinski definition) is 4. The van der Waals surface area contributed by atoms with Crippen LogP contribution in [0.1, 0.15) is 13.3 Å². The first-order chi connectivity index (χ1) is 6.20. The highest BCUT2D eigenvalue weighted by Crippen LogP contribution is 1.92. The number of methoxy groups -OCH3 is 1. The molecule has 1 N–H and O–H groups in total. The fourth-order valence-corrected chi connectivity index (χ4v) is 0.723. The molecule has 0 aliphatic heterocycles. The summed E-state index contributed by atoms with van der Waals surface area (Å²) in [5.41, 5.74) is 0. The van der Waals surface area contributed by atoms with E-state index in [4.69, 9.17) is 9.47 Å². The van der Waals surface area contributed by atoms with Crippen molar-refractivity contribution in [1.82, 2.24) is 5.32 Å². The topological polar surface area (TPSA) is 64.6 Å². The SMILES string of the molecule is COCCOC(=O)CC(C)NC=O. The molecule has 0 aliphatic carbocycles. The van der Waals surface area contributed by atoms with Gasteiger partial charge < -0.3 is 14.8 Å². The van der Waals surface area contributed by atoms with Gasteiger partial charge in [-0.05, 0) is 6.92 Å². The van der Waals surface area contributed by atoms with Crippen molar-refractivity contribution in [2.75, 3.05) is 20.3 Å². The van der Waals surface area contributed by atoms with Gasteiger partial charge in [0.2, 0.25) is 6.41 Å². The van der Waals surface area contributed by atoms with Crippen LogP contribution in [0.3, 0.4) is 0 Å². The zero-order valence-corrected chi connectivity index (χ0v) is 7.91. The summed E-state index contributed by atoms with van der Waals surface area (Å²) in [5.74, 6) is -0.334. The summed E-state index contributed by atoms with van der Waals surface area (Å²) >= 11 is 0. The lowest BCUT2D eigenvalue weighted by molar-refractivity contribution is -0.145. The van der Waals surface area contributed by atoms with E-state index in [2.05, 4.69) is 5.32 Å². The molecule has 13 heavy (non-hydrogen) atoms. The van der Waals surface area contributed by atoms with Crippen LogP contribution in [0.15, 0.2) is 0 Å². The molecule has 0 radical (unpaired) electrons. The molecular formula is C8H15NO4. The van der Waals surface area contributed by atoms with Gasteiger partial charge in [0.25, 0.3) is 0 Å². The van der Waals surface area contributed by atoms with E-state index in [0.717, 1.165) is 0 Å². The van der Waals surface area contributed by atoms with Gasteiger partial charge >= 0.3 is 5.97 Å². The Morgan fingerprint density at radius 3 is 2.77 bits per heavy atom. The van der Waals surface area contributed by atoms with E-state index in [1.807, 2.05) is 0 Å². The van der Waals surface area contributed by atoms with Gasteiger partial charge in [-0.3, -0.25) is 9.59 Å². The first kappa shape index (κ1) is 11.9. The van der Waals surface area contributed by atoms with Crippen LogP contribution in [-0.2, 0) is 19.1 Å². The Balaban J connectivity index is 3.43. The summed E-state index contributed by atoms with van der Waals surface area (Å²) in [5, 5.41) is 2.45. The van der Waals surface area contributed by atoms with Crippen molar-refractivity contribution in [3.63, 3.8) is 0 Å². The quantitative estimate of drug-likeness (QED) is 0.339. The van der Waals surface area contributed by atoms with E-state index in [1.165, 1.54) is 7.11 Å². The van der Waals surface area contributed by atoms with E-state index in [1.54, 1.807) is 6.92 Å². The number of rotatable bonds is 7. The van der Waals surface area contributed by atoms with Gasteiger partial charge in [-0.1, -0.05) is 0 Å². The lowest BCUT2D eigenvalue weighted by Crippen LogP contribution is -2.28. The van der Waals surface area contributed by atoms with Crippen LogP contribution in [0.5, 0.6) is 0 Å². The molecule has 1 atom stereocenters. The van der Waals surface area contributed by atoms with E-state index in [0.29, 0.717) is 13.0 Å². The second-order valence-corrected chi connectivity index (χ2v) is 2.60. The zero-order chi connectivity index (χ0) is 10.1. The predicted molar refractivity (Wildman–Crippen MR) is 46.1 cm³/mol. The molecule has 0 aromatic carbocycles. The van der Waals surface area contributed by atoms with E-state index < -0.39 is 0 Å². The molecule has 0 saturated heterocycles. The molecule has 0 heterocycles. The number of ether oxygens (including phenoxy) is 2. The van der Waals surface area contributed by atoms with Gasteiger partial charge in [0.15, 0.2) is 0 Å². The zero-order valence-electron chi connectivity index (χ0n) is 7.91. The van der Waals surface area contributed by atoms with Crippen LogP contribution in [0.4, 0.5) is 0 Å². The van der Waals surface area contributed by atoms with Gasteiger partial charge in [-0.25, -0.2) is 0 Å². The Labute approximate surface area is 77.4 Å². The Hall–Kier alpha value is -1.10. The maximum atomic E-state index is 11.0. The first-order valence-corrected chi connectivity index (χ1v) is 4.05. The normalized spacial score (nSPS) is 11.8. The number of nitrogens with one attached hydrogen (secondary N) is 1. The van der Waals surface area contributed by atoms with Gasteiger partial charge in [0.05, 0.1) is 13.0 Å². The highest BCUT2D eigenvalue weighted by Gasteiger charge is 2.08. The minimum atomic E-state index is -0.334. The molecule has 0 rings (SSSR count). The average molecular weight is 189 g/mol. The van der Waals surface area contributed by atoms with E-state index in [-0.39, 0.29) is 25.0 Å². The molecule has 5 nitrogen and oxygen atoms in total. The molecular weight excluding hydrogens is 174 g/mol. The minimum Gasteiger partial charge on any atom is -0.463 e. The lowest BCUT2D eigenvalue weighted by Gasteiger charge is -2.09. The average Bonchev–Trinajstić information content (AvgIpc) is 2.05. The van der Waals surface area contributed by atoms with Crippen molar-refractivity contribution in [2.24, 2.45) is 0 Å². The molecule has 1 unspecified atom stereocenters. The molecule has 0 spiro atoms. The van der Waals surface area contributed by atoms with Crippen LogP contribution in [-0.4, -0.2) is 38.7 Å². The predicted octanol–water partition coefficient (Wildman–Crippen LogP) is -0.299. The van der Waals surface area contributed by atoms with E-state index in [9.17, 15) is 9.59 Å². The number of amides is 1. The van der Waals surface area contributed by atoms with Crippen molar-refractivity contribution in [2.45, 2.75) is 19.4 Å². The number of carbonyl (C=O) groups is 2. The summed E-state index contributed by atoms with van der Waals surface area (Å²) in [7, 11) is 1.53. The molecule has 0 aliphatic rings. The largest absolute Gasteiger partial charge is 0.463 e. The summed E-state index contributed by atoms with van der Waals surface area (Å²) < 4.78 is 9.48. The third-order valence-electron chi connectivity index (χ3n) is 1.38. The van der Waals surface area contributed by atoms with Crippen molar-refractivity contribution in [3.05, 3.63) is 0 Å². The maximum Gasteiger partial charge on any atom is 0.307 e. The molecule has 0 aromatic rings.